The van der Waals surface area contributed by atoms with E-state index in [1.54, 1.807) is 6.07 Å². The molecule has 1 N–H and O–H groups in total. The third kappa shape index (κ3) is 4.69. The van der Waals surface area contributed by atoms with E-state index >= 15 is 0 Å². The second kappa shape index (κ2) is 7.56. The van der Waals surface area contributed by atoms with E-state index in [1.165, 1.54) is 12.1 Å². The molecule has 1 aliphatic heterocycles. The second-order valence-electron chi connectivity index (χ2n) is 5.56. The lowest BCUT2D eigenvalue weighted by Crippen LogP contribution is -2.21. The van der Waals surface area contributed by atoms with Crippen LogP contribution in [0.5, 0.6) is 11.5 Å². The van der Waals surface area contributed by atoms with E-state index in [4.69, 9.17) is 14.2 Å². The van der Waals surface area contributed by atoms with Gasteiger partial charge in [-0.2, -0.15) is 13.2 Å². The molecule has 6 nitrogen and oxygen atoms in total. The first-order valence-corrected chi connectivity index (χ1v) is 7.87. The summed E-state index contributed by atoms with van der Waals surface area (Å²) in [5, 5.41) is 2.35. The van der Waals surface area contributed by atoms with Crippen LogP contribution in [-0.2, 0) is 15.7 Å². The minimum absolute atomic E-state index is 0.156. The number of hydrogen-bond donors (Lipinski definition) is 1. The molecular weight excluding hydrogens is 367 g/mol. The third-order valence-electron chi connectivity index (χ3n) is 3.61. The zero-order valence-electron chi connectivity index (χ0n) is 13.8. The first-order valence-electron chi connectivity index (χ1n) is 7.87. The van der Waals surface area contributed by atoms with Crippen molar-refractivity contribution in [3.05, 3.63) is 53.6 Å². The molecule has 0 bridgehead atoms. The number of carbonyl (C=O) groups excluding carboxylic acids is 2. The molecule has 0 saturated carbocycles. The predicted octanol–water partition coefficient (Wildman–Crippen LogP) is 3.27. The van der Waals surface area contributed by atoms with E-state index in [0.29, 0.717) is 24.7 Å². The maximum absolute atomic E-state index is 12.5. The Morgan fingerprint density at radius 3 is 2.33 bits per heavy atom. The fraction of sp³-hybridized carbons (Fsp3) is 0.222. The van der Waals surface area contributed by atoms with Gasteiger partial charge in [-0.1, -0.05) is 0 Å². The van der Waals surface area contributed by atoms with Crippen LogP contribution < -0.4 is 14.8 Å². The number of hydrogen-bond acceptors (Lipinski definition) is 5. The molecule has 142 valence electrons. The fourth-order valence-electron chi connectivity index (χ4n) is 2.32. The van der Waals surface area contributed by atoms with E-state index < -0.39 is 30.2 Å². The summed E-state index contributed by atoms with van der Waals surface area (Å²) >= 11 is 0. The molecule has 2 aromatic carbocycles. The predicted molar refractivity (Wildman–Crippen MR) is 87.8 cm³/mol. The molecular formula is C18H14F3NO5. The largest absolute Gasteiger partial charge is 0.486 e. The van der Waals surface area contributed by atoms with Crippen molar-refractivity contribution in [1.29, 1.82) is 0 Å². The smallest absolute Gasteiger partial charge is 0.416 e. The van der Waals surface area contributed by atoms with Gasteiger partial charge in [-0.05, 0) is 42.5 Å². The molecule has 1 aliphatic rings. The van der Waals surface area contributed by atoms with Crippen LogP contribution in [0.2, 0.25) is 0 Å². The van der Waals surface area contributed by atoms with E-state index in [-0.39, 0.29) is 11.3 Å². The molecule has 27 heavy (non-hydrogen) atoms. The number of nitrogens with one attached hydrogen (secondary N) is 1. The Balaban J connectivity index is 1.53. The first kappa shape index (κ1) is 18.6. The molecule has 0 aromatic heterocycles. The standard InChI is InChI=1S/C18H14F3NO5/c19-18(20,21)12-2-4-13(5-3-12)22-16(23)10-27-17(24)11-1-6-14-15(9-11)26-8-7-25-14/h1-6,9H,7-8,10H2,(H,22,23). The average molecular weight is 381 g/mol. The number of rotatable bonds is 4. The quantitative estimate of drug-likeness (QED) is 0.823. The number of ether oxygens (including phenoxy) is 3. The number of fused-ring (bicyclic) bond motifs is 1. The zero-order valence-corrected chi connectivity index (χ0v) is 13.8. The topological polar surface area (TPSA) is 73.9 Å². The third-order valence-corrected chi connectivity index (χ3v) is 3.61. The number of halogens is 3. The van der Waals surface area contributed by atoms with Crippen molar-refractivity contribution in [3.63, 3.8) is 0 Å². The molecule has 2 aromatic rings. The Morgan fingerprint density at radius 2 is 1.67 bits per heavy atom. The molecule has 0 atom stereocenters. The van der Waals surface area contributed by atoms with Crippen molar-refractivity contribution < 1.29 is 37.0 Å². The fourth-order valence-corrected chi connectivity index (χ4v) is 2.32. The Kier molecular flexibility index (Phi) is 5.20. The van der Waals surface area contributed by atoms with Crippen LogP contribution in [-0.4, -0.2) is 31.7 Å². The van der Waals surface area contributed by atoms with Crippen LogP contribution in [0.15, 0.2) is 42.5 Å². The molecule has 3 rings (SSSR count). The van der Waals surface area contributed by atoms with Gasteiger partial charge in [0, 0.05) is 5.69 Å². The highest BCUT2D eigenvalue weighted by Gasteiger charge is 2.30. The maximum Gasteiger partial charge on any atom is 0.416 e. The number of benzene rings is 2. The van der Waals surface area contributed by atoms with Gasteiger partial charge in [0.2, 0.25) is 0 Å². The first-order chi connectivity index (χ1) is 12.8. The summed E-state index contributed by atoms with van der Waals surface area (Å²) in [6.45, 7) is 0.191. The van der Waals surface area contributed by atoms with Crippen molar-refractivity contribution >= 4 is 17.6 Å². The summed E-state index contributed by atoms with van der Waals surface area (Å²) in [5.41, 5.74) is -0.490. The lowest BCUT2D eigenvalue weighted by molar-refractivity contribution is -0.137. The van der Waals surface area contributed by atoms with E-state index in [9.17, 15) is 22.8 Å². The average Bonchev–Trinajstić information content (AvgIpc) is 2.65. The summed E-state index contributed by atoms with van der Waals surface area (Å²) in [4.78, 5) is 23.8. The number of alkyl halides is 3. The lowest BCUT2D eigenvalue weighted by Gasteiger charge is -2.18. The monoisotopic (exact) mass is 381 g/mol. The Hall–Kier alpha value is -3.23. The zero-order chi connectivity index (χ0) is 19.4. The van der Waals surface area contributed by atoms with E-state index in [2.05, 4.69) is 5.32 Å². The Bertz CT molecular complexity index is 849. The molecule has 0 radical (unpaired) electrons. The van der Waals surface area contributed by atoms with E-state index in [0.717, 1.165) is 24.3 Å². The van der Waals surface area contributed by atoms with Crippen molar-refractivity contribution in [1.82, 2.24) is 0 Å². The van der Waals surface area contributed by atoms with Gasteiger partial charge in [0.05, 0.1) is 11.1 Å². The minimum Gasteiger partial charge on any atom is -0.486 e. The van der Waals surface area contributed by atoms with Crippen LogP contribution in [0.3, 0.4) is 0 Å². The number of esters is 1. The number of carbonyl (C=O) groups is 2. The molecule has 0 saturated heterocycles. The lowest BCUT2D eigenvalue weighted by atomic mass is 10.2. The van der Waals surface area contributed by atoms with Gasteiger partial charge in [0.1, 0.15) is 13.2 Å². The maximum atomic E-state index is 12.5. The minimum atomic E-state index is -4.46. The van der Waals surface area contributed by atoms with Crippen LogP contribution in [0.25, 0.3) is 0 Å². The van der Waals surface area contributed by atoms with Crippen LogP contribution in [0.4, 0.5) is 18.9 Å². The van der Waals surface area contributed by atoms with Gasteiger partial charge < -0.3 is 19.5 Å². The summed E-state index contributed by atoms with van der Waals surface area (Å²) in [6, 6.07) is 8.40. The Labute approximate surface area is 151 Å². The summed E-state index contributed by atoms with van der Waals surface area (Å²) < 4.78 is 53.1. The summed E-state index contributed by atoms with van der Waals surface area (Å²) in [6.07, 6.45) is -4.46. The van der Waals surface area contributed by atoms with E-state index in [1.807, 2.05) is 0 Å². The van der Waals surface area contributed by atoms with Gasteiger partial charge >= 0.3 is 12.1 Å². The van der Waals surface area contributed by atoms with Crippen molar-refractivity contribution in [3.8, 4) is 11.5 Å². The van der Waals surface area contributed by atoms with Crippen molar-refractivity contribution in [2.45, 2.75) is 6.18 Å². The SMILES string of the molecule is O=C(COC(=O)c1ccc2c(c1)OCCO2)Nc1ccc(C(F)(F)F)cc1. The second-order valence-corrected chi connectivity index (χ2v) is 5.56. The van der Waals surface area contributed by atoms with Gasteiger partial charge in [-0.25, -0.2) is 4.79 Å². The van der Waals surface area contributed by atoms with Crippen molar-refractivity contribution in [2.24, 2.45) is 0 Å². The molecule has 0 aliphatic carbocycles. The summed E-state index contributed by atoms with van der Waals surface area (Å²) in [5.74, 6) is -0.502. The molecule has 0 fully saturated rings. The van der Waals surface area contributed by atoms with Gasteiger partial charge in [0.15, 0.2) is 18.1 Å². The van der Waals surface area contributed by atoms with Gasteiger partial charge in [-0.3, -0.25) is 4.79 Å². The van der Waals surface area contributed by atoms with Crippen LogP contribution in [0, 0.1) is 0 Å². The number of amides is 1. The molecule has 1 amide bonds. The molecule has 1 heterocycles. The van der Waals surface area contributed by atoms with Crippen LogP contribution in [0.1, 0.15) is 15.9 Å². The number of anilines is 1. The highest BCUT2D eigenvalue weighted by atomic mass is 19.4. The Morgan fingerprint density at radius 1 is 1.00 bits per heavy atom. The molecule has 0 unspecified atom stereocenters. The van der Waals surface area contributed by atoms with Crippen molar-refractivity contribution in [2.75, 3.05) is 25.1 Å². The summed E-state index contributed by atoms with van der Waals surface area (Å²) in [7, 11) is 0. The highest BCUT2D eigenvalue weighted by molar-refractivity contribution is 5.95. The molecule has 0 spiro atoms. The normalized spacial score (nSPS) is 13.0. The molecule has 9 heteroatoms. The van der Waals surface area contributed by atoms with Gasteiger partial charge in [-0.15, -0.1) is 0 Å². The van der Waals surface area contributed by atoms with Gasteiger partial charge in [0.25, 0.3) is 5.91 Å². The van der Waals surface area contributed by atoms with Crippen LogP contribution >= 0.6 is 0 Å². The highest BCUT2D eigenvalue weighted by Crippen LogP contribution is 2.31.